The molecule has 5 heteroatoms. The zero-order valence-corrected chi connectivity index (χ0v) is 7.58. The van der Waals surface area contributed by atoms with Crippen LogP contribution in [0.25, 0.3) is 5.65 Å². The topological polar surface area (TPSA) is 54.0 Å². The Morgan fingerprint density at radius 1 is 1.62 bits per heavy atom. The lowest BCUT2D eigenvalue weighted by Gasteiger charge is -1.91. The van der Waals surface area contributed by atoms with Crippen LogP contribution >= 0.6 is 11.6 Å². The fraction of sp³-hybridized carbons (Fsp3) is 0.125. The summed E-state index contributed by atoms with van der Waals surface area (Å²) < 4.78 is 1.51. The van der Waals surface area contributed by atoms with Crippen molar-refractivity contribution < 1.29 is 0 Å². The summed E-state index contributed by atoms with van der Waals surface area (Å²) in [5.74, 6) is 0. The molecule has 2 rings (SSSR count). The highest BCUT2D eigenvalue weighted by Crippen LogP contribution is 2.18. The number of rotatable bonds is 0. The van der Waals surface area contributed by atoms with Gasteiger partial charge in [-0.15, -0.1) is 0 Å². The molecular formula is C8H5ClN4. The molecule has 0 fully saturated rings. The van der Waals surface area contributed by atoms with E-state index in [1.165, 1.54) is 10.7 Å². The summed E-state index contributed by atoms with van der Waals surface area (Å²) in [5, 5.41) is 13.2. The first-order valence-corrected chi connectivity index (χ1v) is 4.01. The molecule has 0 bridgehead atoms. The Bertz CT molecular complexity index is 509. The van der Waals surface area contributed by atoms with E-state index < -0.39 is 0 Å². The number of aromatic nitrogens is 3. The van der Waals surface area contributed by atoms with Crippen molar-refractivity contribution in [3.8, 4) is 6.07 Å². The van der Waals surface area contributed by atoms with Crippen LogP contribution in [-0.2, 0) is 0 Å². The van der Waals surface area contributed by atoms with E-state index in [1.807, 2.05) is 6.07 Å². The quantitative estimate of drug-likeness (QED) is 0.637. The van der Waals surface area contributed by atoms with E-state index in [0.717, 1.165) is 0 Å². The molecule has 13 heavy (non-hydrogen) atoms. The second kappa shape index (κ2) is 2.71. The van der Waals surface area contributed by atoms with Crippen LogP contribution in [0.1, 0.15) is 11.3 Å². The Kier molecular flexibility index (Phi) is 1.67. The van der Waals surface area contributed by atoms with E-state index in [0.29, 0.717) is 21.9 Å². The predicted octanol–water partition coefficient (Wildman–Crippen LogP) is 1.56. The van der Waals surface area contributed by atoms with Crippen molar-refractivity contribution in [3.63, 3.8) is 0 Å². The van der Waals surface area contributed by atoms with Gasteiger partial charge in [0.05, 0.1) is 17.5 Å². The minimum Gasteiger partial charge on any atom is -0.234 e. The average molecular weight is 193 g/mol. The number of nitriles is 1. The molecule has 0 aliphatic heterocycles. The van der Waals surface area contributed by atoms with E-state index in [2.05, 4.69) is 10.1 Å². The van der Waals surface area contributed by atoms with Gasteiger partial charge < -0.3 is 0 Å². The smallest absolute Gasteiger partial charge is 0.174 e. The third-order valence-corrected chi connectivity index (χ3v) is 2.15. The van der Waals surface area contributed by atoms with Gasteiger partial charge in [-0.1, -0.05) is 11.6 Å². The van der Waals surface area contributed by atoms with Crippen LogP contribution in [0, 0.1) is 18.3 Å². The molecule has 2 heterocycles. The van der Waals surface area contributed by atoms with E-state index >= 15 is 0 Å². The number of aryl methyl sites for hydroxylation is 1. The van der Waals surface area contributed by atoms with Crippen molar-refractivity contribution in [1.82, 2.24) is 14.6 Å². The van der Waals surface area contributed by atoms with Gasteiger partial charge in [-0.25, -0.2) is 9.50 Å². The van der Waals surface area contributed by atoms with Gasteiger partial charge in [0.1, 0.15) is 11.1 Å². The van der Waals surface area contributed by atoms with Crippen molar-refractivity contribution >= 4 is 17.2 Å². The van der Waals surface area contributed by atoms with Crippen LogP contribution in [0.3, 0.4) is 0 Å². The van der Waals surface area contributed by atoms with Crippen molar-refractivity contribution in [2.45, 2.75) is 6.92 Å². The Balaban J connectivity index is 2.82. The average Bonchev–Trinajstić information content (AvgIpc) is 2.42. The minimum absolute atomic E-state index is 0.465. The number of nitrogens with zero attached hydrogens (tertiary/aromatic N) is 4. The highest BCUT2D eigenvalue weighted by atomic mass is 35.5. The molecule has 2 aromatic rings. The fourth-order valence-corrected chi connectivity index (χ4v) is 1.25. The Morgan fingerprint density at radius 3 is 3.08 bits per heavy atom. The van der Waals surface area contributed by atoms with E-state index in [4.69, 9.17) is 16.9 Å². The normalized spacial score (nSPS) is 10.2. The summed E-state index contributed by atoms with van der Waals surface area (Å²) >= 11 is 5.91. The summed E-state index contributed by atoms with van der Waals surface area (Å²) in [6.45, 7) is 1.79. The third-order valence-electron chi connectivity index (χ3n) is 1.71. The van der Waals surface area contributed by atoms with Gasteiger partial charge in [0.25, 0.3) is 0 Å². The van der Waals surface area contributed by atoms with Crippen molar-refractivity contribution in [3.05, 3.63) is 28.7 Å². The van der Waals surface area contributed by atoms with Gasteiger partial charge in [0.15, 0.2) is 5.65 Å². The molecule has 0 atom stereocenters. The Morgan fingerprint density at radius 2 is 2.38 bits per heavy atom. The van der Waals surface area contributed by atoms with Gasteiger partial charge in [-0.3, -0.25) is 0 Å². The molecule has 0 aliphatic rings. The molecule has 2 aromatic heterocycles. The maximum Gasteiger partial charge on any atom is 0.174 e. The fourth-order valence-electron chi connectivity index (χ4n) is 1.07. The van der Waals surface area contributed by atoms with Gasteiger partial charge in [-0.05, 0) is 6.92 Å². The van der Waals surface area contributed by atoms with Gasteiger partial charge in [0, 0.05) is 6.20 Å². The minimum atomic E-state index is 0.465. The van der Waals surface area contributed by atoms with Crippen molar-refractivity contribution in [1.29, 1.82) is 5.26 Å². The van der Waals surface area contributed by atoms with Crippen LogP contribution in [0.4, 0.5) is 0 Å². The van der Waals surface area contributed by atoms with Gasteiger partial charge >= 0.3 is 0 Å². The first kappa shape index (κ1) is 8.02. The predicted molar refractivity (Wildman–Crippen MR) is 47.4 cm³/mol. The molecule has 4 nitrogen and oxygen atoms in total. The molecule has 0 spiro atoms. The molecular weight excluding hydrogens is 188 g/mol. The third kappa shape index (κ3) is 1.14. The molecule has 0 radical (unpaired) electrons. The lowest BCUT2D eigenvalue weighted by molar-refractivity contribution is 0.913. The van der Waals surface area contributed by atoms with Crippen LogP contribution in [0.2, 0.25) is 5.02 Å². The van der Waals surface area contributed by atoms with Crippen molar-refractivity contribution in [2.75, 3.05) is 0 Å². The highest BCUT2D eigenvalue weighted by molar-refractivity contribution is 6.34. The summed E-state index contributed by atoms with van der Waals surface area (Å²) in [6, 6.07) is 1.98. The molecule has 0 saturated carbocycles. The molecule has 0 unspecified atom stereocenters. The number of halogens is 1. The van der Waals surface area contributed by atoms with Crippen LogP contribution in [0.5, 0.6) is 0 Å². The molecule has 0 aromatic carbocycles. The van der Waals surface area contributed by atoms with E-state index in [-0.39, 0.29) is 0 Å². The highest BCUT2D eigenvalue weighted by Gasteiger charge is 2.07. The molecule has 0 N–H and O–H groups in total. The van der Waals surface area contributed by atoms with Crippen LogP contribution < -0.4 is 0 Å². The first-order valence-electron chi connectivity index (χ1n) is 3.63. The lowest BCUT2D eigenvalue weighted by atomic mass is 10.4. The molecule has 0 saturated heterocycles. The van der Waals surface area contributed by atoms with Crippen molar-refractivity contribution in [2.24, 2.45) is 0 Å². The summed E-state index contributed by atoms with van der Waals surface area (Å²) in [6.07, 6.45) is 3.07. The van der Waals surface area contributed by atoms with Crippen LogP contribution in [0.15, 0.2) is 12.4 Å². The van der Waals surface area contributed by atoms with E-state index in [1.54, 1.807) is 13.1 Å². The maximum absolute atomic E-state index is 8.61. The second-order valence-corrected chi connectivity index (χ2v) is 3.00. The second-order valence-electron chi connectivity index (χ2n) is 2.62. The molecule has 0 aliphatic carbocycles. The summed E-state index contributed by atoms with van der Waals surface area (Å²) in [4.78, 5) is 4.02. The lowest BCUT2D eigenvalue weighted by Crippen LogP contribution is -1.91. The van der Waals surface area contributed by atoms with Gasteiger partial charge in [0.2, 0.25) is 0 Å². The zero-order chi connectivity index (χ0) is 9.42. The Hall–Kier alpha value is -1.60. The molecule has 64 valence electrons. The maximum atomic E-state index is 8.61. The number of hydrogen-bond acceptors (Lipinski definition) is 3. The standard InChI is InChI=1S/C8H5ClN4/c1-5-7(9)8-11-3-6(2-10)4-13(8)12-5/h3-4H,1H3. The summed E-state index contributed by atoms with van der Waals surface area (Å²) in [5.41, 5.74) is 1.76. The largest absolute Gasteiger partial charge is 0.234 e. The summed E-state index contributed by atoms with van der Waals surface area (Å²) in [7, 11) is 0. The van der Waals surface area contributed by atoms with E-state index in [9.17, 15) is 0 Å². The number of hydrogen-bond donors (Lipinski definition) is 0. The zero-order valence-electron chi connectivity index (χ0n) is 6.82. The SMILES string of the molecule is Cc1nn2cc(C#N)cnc2c1Cl. The van der Waals surface area contributed by atoms with Crippen LogP contribution in [-0.4, -0.2) is 14.6 Å². The van der Waals surface area contributed by atoms with Gasteiger partial charge in [-0.2, -0.15) is 10.4 Å². The first-order chi connectivity index (χ1) is 6.22. The number of fused-ring (bicyclic) bond motifs is 1. The Labute approximate surface area is 79.4 Å². The monoisotopic (exact) mass is 192 g/mol. The molecule has 0 amide bonds.